The van der Waals surface area contributed by atoms with E-state index >= 15 is 0 Å². The van der Waals surface area contributed by atoms with Crippen LogP contribution >= 0.6 is 0 Å². The Morgan fingerprint density at radius 2 is 1.81 bits per heavy atom. The predicted octanol–water partition coefficient (Wildman–Crippen LogP) is 1.52. The molecule has 6 unspecified atom stereocenters. The molecule has 4 fully saturated rings. The van der Waals surface area contributed by atoms with Gasteiger partial charge in [-0.15, -0.1) is 0 Å². The van der Waals surface area contributed by atoms with Gasteiger partial charge in [0.25, 0.3) is 0 Å². The number of piperazine rings is 1. The van der Waals surface area contributed by atoms with Crippen LogP contribution in [0.2, 0.25) is 0 Å². The highest BCUT2D eigenvalue weighted by Crippen LogP contribution is 2.32. The van der Waals surface area contributed by atoms with Gasteiger partial charge < -0.3 is 9.47 Å². The first-order valence-electron chi connectivity index (χ1n) is 11.3. The predicted molar refractivity (Wildman–Crippen MR) is 108 cm³/mol. The van der Waals surface area contributed by atoms with Crippen molar-refractivity contribution < 1.29 is 9.47 Å². The second-order valence-corrected chi connectivity index (χ2v) is 9.18. The average Bonchev–Trinajstić information content (AvgIpc) is 3.21. The maximum Gasteiger partial charge on any atom is 0.0893 e. The van der Waals surface area contributed by atoms with Gasteiger partial charge in [-0.25, -0.2) is 0 Å². The standard InChI is InChI=1S/C21H40N4O2/c1-26-18-9-8-16(12-19(18)27-2)17-14-25-11-10-22-21(25)20(24-17)23-13-15-6-4-3-5-7-15/h15-24H,3-14H2,1-2H3. The van der Waals surface area contributed by atoms with Crippen molar-refractivity contribution >= 4 is 0 Å². The van der Waals surface area contributed by atoms with Gasteiger partial charge in [0, 0.05) is 39.9 Å². The number of rotatable bonds is 6. The van der Waals surface area contributed by atoms with Crippen molar-refractivity contribution in [2.24, 2.45) is 11.8 Å². The van der Waals surface area contributed by atoms with E-state index in [0.29, 0.717) is 24.3 Å². The summed E-state index contributed by atoms with van der Waals surface area (Å²) in [6, 6.07) is 0.542. The quantitative estimate of drug-likeness (QED) is 0.650. The summed E-state index contributed by atoms with van der Waals surface area (Å²) < 4.78 is 11.4. The van der Waals surface area contributed by atoms with Gasteiger partial charge >= 0.3 is 0 Å². The van der Waals surface area contributed by atoms with Gasteiger partial charge in [0.1, 0.15) is 0 Å². The van der Waals surface area contributed by atoms with Crippen molar-refractivity contribution in [3.8, 4) is 0 Å². The molecule has 2 aliphatic carbocycles. The van der Waals surface area contributed by atoms with Crippen molar-refractivity contribution in [3.05, 3.63) is 0 Å². The molecule has 156 valence electrons. The van der Waals surface area contributed by atoms with Gasteiger partial charge in [-0.05, 0) is 50.5 Å². The topological polar surface area (TPSA) is 57.8 Å². The van der Waals surface area contributed by atoms with Crippen molar-refractivity contribution in [1.29, 1.82) is 0 Å². The molecule has 0 aromatic heterocycles. The summed E-state index contributed by atoms with van der Waals surface area (Å²) >= 11 is 0. The fourth-order valence-electron chi connectivity index (χ4n) is 5.94. The number of ether oxygens (including phenoxy) is 2. The van der Waals surface area contributed by atoms with E-state index in [4.69, 9.17) is 9.47 Å². The normalized spacial score (nSPS) is 41.6. The number of nitrogens with one attached hydrogen (secondary N) is 3. The smallest absolute Gasteiger partial charge is 0.0893 e. The molecular weight excluding hydrogens is 340 g/mol. The summed E-state index contributed by atoms with van der Waals surface area (Å²) in [5.74, 6) is 1.53. The van der Waals surface area contributed by atoms with Gasteiger partial charge in [0.2, 0.25) is 0 Å². The molecule has 0 spiro atoms. The maximum atomic E-state index is 5.76. The molecular formula is C21H40N4O2. The Morgan fingerprint density at radius 1 is 1.00 bits per heavy atom. The van der Waals surface area contributed by atoms with Crippen molar-refractivity contribution in [2.75, 3.05) is 40.4 Å². The minimum atomic E-state index is 0.235. The Labute approximate surface area is 165 Å². The van der Waals surface area contributed by atoms with E-state index in [2.05, 4.69) is 20.9 Å². The number of methoxy groups -OCH3 is 2. The largest absolute Gasteiger partial charge is 0.379 e. The van der Waals surface area contributed by atoms with Crippen LogP contribution in [-0.4, -0.2) is 75.9 Å². The molecule has 0 aromatic carbocycles. The molecule has 0 bridgehead atoms. The first-order chi connectivity index (χ1) is 13.3. The van der Waals surface area contributed by atoms with Crippen molar-refractivity contribution in [1.82, 2.24) is 20.9 Å². The highest BCUT2D eigenvalue weighted by Gasteiger charge is 2.43. The molecule has 0 amide bonds. The molecule has 6 nitrogen and oxygen atoms in total. The van der Waals surface area contributed by atoms with Gasteiger partial charge in [0.15, 0.2) is 0 Å². The van der Waals surface area contributed by atoms with E-state index in [1.54, 1.807) is 0 Å². The summed E-state index contributed by atoms with van der Waals surface area (Å²) in [6.07, 6.45) is 11.8. The van der Waals surface area contributed by atoms with Crippen LogP contribution < -0.4 is 16.0 Å². The van der Waals surface area contributed by atoms with E-state index < -0.39 is 0 Å². The van der Waals surface area contributed by atoms with E-state index in [1.165, 1.54) is 45.1 Å². The van der Waals surface area contributed by atoms with Gasteiger partial charge in [-0.3, -0.25) is 20.9 Å². The third-order valence-electron chi connectivity index (χ3n) is 7.58. The molecule has 6 heteroatoms. The monoisotopic (exact) mass is 380 g/mol. The molecule has 2 saturated heterocycles. The summed E-state index contributed by atoms with van der Waals surface area (Å²) in [5.41, 5.74) is 0. The Balaban J connectivity index is 1.36. The fourth-order valence-corrected chi connectivity index (χ4v) is 5.94. The third kappa shape index (κ3) is 4.68. The average molecular weight is 381 g/mol. The fraction of sp³-hybridized carbons (Fsp3) is 1.00. The van der Waals surface area contributed by atoms with E-state index in [-0.39, 0.29) is 12.2 Å². The van der Waals surface area contributed by atoms with Crippen LogP contribution in [0.5, 0.6) is 0 Å². The number of fused-ring (bicyclic) bond motifs is 1. The Bertz CT molecular complexity index is 459. The molecule has 6 atom stereocenters. The Kier molecular flexibility index (Phi) is 7.06. The summed E-state index contributed by atoms with van der Waals surface area (Å²) in [4.78, 5) is 2.66. The molecule has 0 radical (unpaired) electrons. The third-order valence-corrected chi connectivity index (χ3v) is 7.58. The highest BCUT2D eigenvalue weighted by atomic mass is 16.5. The van der Waals surface area contributed by atoms with Crippen LogP contribution in [0.3, 0.4) is 0 Å². The summed E-state index contributed by atoms with van der Waals surface area (Å²) in [7, 11) is 3.66. The summed E-state index contributed by atoms with van der Waals surface area (Å²) in [5, 5.41) is 11.6. The lowest BCUT2D eigenvalue weighted by Crippen LogP contribution is -2.69. The van der Waals surface area contributed by atoms with Crippen LogP contribution in [0.15, 0.2) is 0 Å². The SMILES string of the molecule is COC1CCC(C2CN3CCNC3C(NCC3CCCCC3)N2)CC1OC. The van der Waals surface area contributed by atoms with Crippen molar-refractivity contribution in [3.63, 3.8) is 0 Å². The van der Waals surface area contributed by atoms with Crippen LogP contribution in [0.1, 0.15) is 51.4 Å². The first kappa shape index (κ1) is 20.0. The zero-order valence-electron chi connectivity index (χ0n) is 17.3. The maximum absolute atomic E-state index is 5.76. The molecule has 27 heavy (non-hydrogen) atoms. The highest BCUT2D eigenvalue weighted by molar-refractivity contribution is 4.99. The Morgan fingerprint density at radius 3 is 2.59 bits per heavy atom. The lowest BCUT2D eigenvalue weighted by atomic mass is 9.79. The van der Waals surface area contributed by atoms with Gasteiger partial charge in [-0.2, -0.15) is 0 Å². The Hall–Kier alpha value is -0.240. The number of nitrogens with zero attached hydrogens (tertiary/aromatic N) is 1. The number of hydrogen-bond donors (Lipinski definition) is 3. The molecule has 3 N–H and O–H groups in total. The second-order valence-electron chi connectivity index (χ2n) is 9.18. The molecule has 2 heterocycles. The lowest BCUT2D eigenvalue weighted by Gasteiger charge is -2.47. The molecule has 4 aliphatic rings. The molecule has 2 saturated carbocycles. The van der Waals surface area contributed by atoms with Crippen LogP contribution in [-0.2, 0) is 9.47 Å². The van der Waals surface area contributed by atoms with Gasteiger partial charge in [-0.1, -0.05) is 19.3 Å². The van der Waals surface area contributed by atoms with Crippen LogP contribution in [0, 0.1) is 11.8 Å². The minimum absolute atomic E-state index is 0.235. The van der Waals surface area contributed by atoms with Gasteiger partial charge in [0.05, 0.1) is 24.5 Å². The van der Waals surface area contributed by atoms with Crippen LogP contribution in [0.4, 0.5) is 0 Å². The van der Waals surface area contributed by atoms with Crippen molar-refractivity contribution in [2.45, 2.75) is 81.9 Å². The van der Waals surface area contributed by atoms with Crippen LogP contribution in [0.25, 0.3) is 0 Å². The molecule has 0 aromatic rings. The lowest BCUT2D eigenvalue weighted by molar-refractivity contribution is -0.0788. The molecule has 2 aliphatic heterocycles. The van der Waals surface area contributed by atoms with E-state index in [9.17, 15) is 0 Å². The molecule has 4 rings (SSSR count). The second kappa shape index (κ2) is 9.51. The number of hydrogen-bond acceptors (Lipinski definition) is 6. The minimum Gasteiger partial charge on any atom is -0.379 e. The van der Waals surface area contributed by atoms with E-state index in [0.717, 1.165) is 38.4 Å². The first-order valence-corrected chi connectivity index (χ1v) is 11.3. The zero-order valence-corrected chi connectivity index (χ0v) is 17.3. The summed E-state index contributed by atoms with van der Waals surface area (Å²) in [6.45, 7) is 4.59. The van der Waals surface area contributed by atoms with E-state index in [1.807, 2.05) is 14.2 Å². The zero-order chi connectivity index (χ0) is 18.6.